The molecule has 0 amide bonds. The van der Waals surface area contributed by atoms with E-state index in [1.165, 1.54) is 0 Å². The zero-order valence-electron chi connectivity index (χ0n) is 13.0. The molecule has 1 aliphatic rings. The van der Waals surface area contributed by atoms with Crippen LogP contribution in [0.2, 0.25) is 0 Å². The third kappa shape index (κ3) is 2.73. The van der Waals surface area contributed by atoms with Gasteiger partial charge >= 0.3 is 0 Å². The van der Waals surface area contributed by atoms with Crippen molar-refractivity contribution >= 4 is 0 Å². The van der Waals surface area contributed by atoms with Crippen molar-refractivity contribution in [1.82, 2.24) is 24.6 Å². The first-order valence-corrected chi connectivity index (χ1v) is 7.76. The summed E-state index contributed by atoms with van der Waals surface area (Å²) in [6, 6.07) is 8.20. The van der Waals surface area contributed by atoms with Gasteiger partial charge in [-0.25, -0.2) is 9.67 Å². The Labute approximate surface area is 134 Å². The number of hydrogen-bond acceptors (Lipinski definition) is 4. The zero-order chi connectivity index (χ0) is 15.6. The number of rotatable bonds is 5. The minimum atomic E-state index is 0.328. The van der Waals surface area contributed by atoms with Crippen molar-refractivity contribution in [1.29, 1.82) is 0 Å². The number of nitrogens with zero attached hydrogens (tertiary/aromatic N) is 4. The molecule has 2 aromatic heterocycles. The van der Waals surface area contributed by atoms with Gasteiger partial charge in [0.25, 0.3) is 0 Å². The van der Waals surface area contributed by atoms with Crippen molar-refractivity contribution in [2.24, 2.45) is 0 Å². The van der Waals surface area contributed by atoms with E-state index in [1.807, 2.05) is 47.5 Å². The first kappa shape index (κ1) is 14.0. The van der Waals surface area contributed by atoms with Crippen LogP contribution in [0.3, 0.4) is 0 Å². The summed E-state index contributed by atoms with van der Waals surface area (Å²) >= 11 is 0. The van der Waals surface area contributed by atoms with Gasteiger partial charge in [-0.3, -0.25) is 0 Å². The SMILES string of the molecule is COc1ccc(-n2cc(CNC3CCn4ccnc43)cn2)cc1. The minimum absolute atomic E-state index is 0.328. The predicted octanol–water partition coefficient (Wildman–Crippen LogP) is 2.31. The summed E-state index contributed by atoms with van der Waals surface area (Å²) in [5, 5.41) is 8.00. The number of hydrogen-bond donors (Lipinski definition) is 1. The van der Waals surface area contributed by atoms with Crippen LogP contribution in [-0.4, -0.2) is 26.4 Å². The first-order valence-electron chi connectivity index (χ1n) is 7.76. The largest absolute Gasteiger partial charge is 0.497 e. The van der Waals surface area contributed by atoms with Gasteiger partial charge in [-0.2, -0.15) is 5.10 Å². The minimum Gasteiger partial charge on any atom is -0.497 e. The third-order valence-electron chi connectivity index (χ3n) is 4.24. The Hall–Kier alpha value is -2.60. The van der Waals surface area contributed by atoms with E-state index in [1.54, 1.807) is 7.11 Å². The fourth-order valence-corrected chi connectivity index (χ4v) is 2.98. The van der Waals surface area contributed by atoms with Crippen LogP contribution in [0.1, 0.15) is 23.9 Å². The molecular formula is C17H19N5O. The monoisotopic (exact) mass is 309 g/mol. The molecule has 0 fully saturated rings. The molecule has 0 saturated carbocycles. The average Bonchev–Trinajstić information content (AvgIpc) is 3.30. The van der Waals surface area contributed by atoms with Gasteiger partial charge in [0.2, 0.25) is 0 Å². The van der Waals surface area contributed by atoms with Crippen LogP contribution < -0.4 is 10.1 Å². The number of benzene rings is 1. The van der Waals surface area contributed by atoms with E-state index in [0.717, 1.165) is 42.3 Å². The summed E-state index contributed by atoms with van der Waals surface area (Å²) in [6.45, 7) is 1.83. The van der Waals surface area contributed by atoms with E-state index in [-0.39, 0.29) is 0 Å². The van der Waals surface area contributed by atoms with Crippen LogP contribution in [-0.2, 0) is 13.1 Å². The van der Waals surface area contributed by atoms with Crippen LogP contribution in [0, 0.1) is 0 Å². The Kier molecular flexibility index (Phi) is 3.59. The summed E-state index contributed by atoms with van der Waals surface area (Å²) in [4.78, 5) is 4.43. The first-order chi connectivity index (χ1) is 11.3. The lowest BCUT2D eigenvalue weighted by atomic mass is 10.2. The van der Waals surface area contributed by atoms with Gasteiger partial charge < -0.3 is 14.6 Å². The molecule has 6 heteroatoms. The average molecular weight is 309 g/mol. The van der Waals surface area contributed by atoms with Crippen molar-refractivity contribution in [3.8, 4) is 11.4 Å². The summed E-state index contributed by atoms with van der Waals surface area (Å²) in [5.74, 6) is 1.98. The van der Waals surface area contributed by atoms with Crippen LogP contribution in [0.15, 0.2) is 49.1 Å². The highest BCUT2D eigenvalue weighted by atomic mass is 16.5. The number of methoxy groups -OCH3 is 1. The van der Waals surface area contributed by atoms with E-state index in [9.17, 15) is 0 Å². The highest BCUT2D eigenvalue weighted by molar-refractivity contribution is 5.37. The lowest BCUT2D eigenvalue weighted by Crippen LogP contribution is -2.19. The second-order valence-corrected chi connectivity index (χ2v) is 5.69. The summed E-state index contributed by atoms with van der Waals surface area (Å²) in [5.41, 5.74) is 2.18. The Balaban J connectivity index is 1.42. The normalized spacial score (nSPS) is 16.5. The topological polar surface area (TPSA) is 56.9 Å². The molecule has 3 heterocycles. The fourth-order valence-electron chi connectivity index (χ4n) is 2.98. The second-order valence-electron chi connectivity index (χ2n) is 5.69. The summed E-state index contributed by atoms with van der Waals surface area (Å²) in [7, 11) is 1.67. The Morgan fingerprint density at radius 2 is 2.17 bits per heavy atom. The number of fused-ring (bicyclic) bond motifs is 1. The molecule has 0 aliphatic carbocycles. The van der Waals surface area contributed by atoms with Gasteiger partial charge in [0.1, 0.15) is 11.6 Å². The van der Waals surface area contributed by atoms with E-state index in [2.05, 4.69) is 26.2 Å². The smallest absolute Gasteiger partial charge is 0.125 e. The molecule has 1 aliphatic heterocycles. The van der Waals surface area contributed by atoms with Crippen molar-refractivity contribution in [2.45, 2.75) is 25.6 Å². The Bertz CT molecular complexity index is 789. The maximum Gasteiger partial charge on any atom is 0.125 e. The van der Waals surface area contributed by atoms with Crippen molar-refractivity contribution in [3.05, 3.63) is 60.4 Å². The fraction of sp³-hybridized carbons (Fsp3) is 0.294. The maximum absolute atomic E-state index is 5.18. The van der Waals surface area contributed by atoms with Crippen LogP contribution >= 0.6 is 0 Å². The molecule has 1 aromatic carbocycles. The quantitative estimate of drug-likeness (QED) is 0.786. The number of imidazole rings is 1. The second kappa shape index (κ2) is 5.89. The van der Waals surface area contributed by atoms with E-state index >= 15 is 0 Å². The molecule has 3 aromatic rings. The summed E-state index contributed by atoms with van der Waals surface area (Å²) < 4.78 is 9.27. The van der Waals surface area contributed by atoms with Crippen LogP contribution in [0.25, 0.3) is 5.69 Å². The highest BCUT2D eigenvalue weighted by Crippen LogP contribution is 2.24. The van der Waals surface area contributed by atoms with Crippen LogP contribution in [0.5, 0.6) is 5.75 Å². The van der Waals surface area contributed by atoms with Crippen molar-refractivity contribution in [2.75, 3.05) is 7.11 Å². The van der Waals surface area contributed by atoms with E-state index in [0.29, 0.717) is 6.04 Å². The molecule has 1 N–H and O–H groups in total. The third-order valence-corrected chi connectivity index (χ3v) is 4.24. The van der Waals surface area contributed by atoms with Crippen molar-refractivity contribution < 1.29 is 4.74 Å². The standard InChI is InChI=1S/C17H19N5O/c1-23-15-4-2-14(3-5-15)22-12-13(11-20-22)10-19-16-6-8-21-9-7-18-17(16)21/h2-5,7,9,11-12,16,19H,6,8,10H2,1H3. The maximum atomic E-state index is 5.18. The number of aromatic nitrogens is 4. The van der Waals surface area contributed by atoms with E-state index < -0.39 is 0 Å². The van der Waals surface area contributed by atoms with Crippen molar-refractivity contribution in [3.63, 3.8) is 0 Å². The van der Waals surface area contributed by atoms with Gasteiger partial charge in [-0.15, -0.1) is 0 Å². The molecule has 0 saturated heterocycles. The Morgan fingerprint density at radius 1 is 1.30 bits per heavy atom. The van der Waals surface area contributed by atoms with Gasteiger partial charge in [0.15, 0.2) is 0 Å². The van der Waals surface area contributed by atoms with Gasteiger partial charge in [0.05, 0.1) is 25.0 Å². The molecule has 6 nitrogen and oxygen atoms in total. The Morgan fingerprint density at radius 3 is 3.00 bits per heavy atom. The molecule has 118 valence electrons. The lowest BCUT2D eigenvalue weighted by Gasteiger charge is -2.09. The molecule has 1 unspecified atom stereocenters. The molecule has 0 spiro atoms. The molecule has 0 radical (unpaired) electrons. The number of aryl methyl sites for hydroxylation is 1. The van der Waals surface area contributed by atoms with E-state index in [4.69, 9.17) is 4.74 Å². The van der Waals surface area contributed by atoms with Gasteiger partial charge in [0, 0.05) is 37.2 Å². The van der Waals surface area contributed by atoms with Gasteiger partial charge in [-0.05, 0) is 30.7 Å². The predicted molar refractivity (Wildman–Crippen MR) is 86.5 cm³/mol. The lowest BCUT2D eigenvalue weighted by molar-refractivity contribution is 0.414. The molecule has 4 rings (SSSR count). The molecule has 23 heavy (non-hydrogen) atoms. The molecular weight excluding hydrogens is 290 g/mol. The molecule has 0 bridgehead atoms. The van der Waals surface area contributed by atoms with Gasteiger partial charge in [-0.1, -0.05) is 0 Å². The van der Waals surface area contributed by atoms with Crippen LogP contribution in [0.4, 0.5) is 0 Å². The zero-order valence-corrected chi connectivity index (χ0v) is 13.0. The number of nitrogens with one attached hydrogen (secondary N) is 1. The number of ether oxygens (including phenoxy) is 1. The highest BCUT2D eigenvalue weighted by Gasteiger charge is 2.22. The summed E-state index contributed by atoms with van der Waals surface area (Å²) in [6.07, 6.45) is 8.95. The molecule has 1 atom stereocenters.